The number of carbonyl (C=O) groups excluding carboxylic acids is 1. The molecule has 1 saturated heterocycles. The smallest absolute Gasteiger partial charge is 0.410 e. The Morgan fingerprint density at radius 1 is 1.21 bits per heavy atom. The Morgan fingerprint density at radius 3 is 2.86 bits per heavy atom. The number of hydrogen-bond acceptors (Lipinski definition) is 3. The first-order chi connectivity index (χ1) is 14.1. The fraction of sp³-hybridized carbons (Fsp3) is 0.458. The molecule has 5 heteroatoms. The molecular weight excluding hydrogens is 369 g/mol. The van der Waals surface area contributed by atoms with Gasteiger partial charge in [0.15, 0.2) is 11.6 Å². The molecule has 0 unspecified atom stereocenters. The van der Waals surface area contributed by atoms with E-state index in [4.69, 9.17) is 4.74 Å². The number of nitrogens with zero attached hydrogens (tertiary/aromatic N) is 1. The molecule has 0 radical (unpaired) electrons. The molecule has 2 aliphatic carbocycles. The number of phenolic OH excluding ortho intramolecular Hbond substituents is 1. The standard InChI is InChI=1S/C24H26FNO3/c25-20-12-17-13-21-18-8-4-5-9-24(18,19(17)14-22(20)27)10-11-26(21)23(28)29-15-16-6-2-1-3-7-16/h1-3,6-7,12,14,18,21,27H,4-5,8-11,13,15H2/t18-,21+,24+/m0/s1. The highest BCUT2D eigenvalue weighted by Gasteiger charge is 2.55. The van der Waals surface area contributed by atoms with Gasteiger partial charge in [-0.1, -0.05) is 43.2 Å². The third-order valence-corrected chi connectivity index (χ3v) is 7.34. The van der Waals surface area contributed by atoms with E-state index in [-0.39, 0.29) is 29.9 Å². The molecule has 5 rings (SSSR count). The summed E-state index contributed by atoms with van der Waals surface area (Å²) in [5.41, 5.74) is 2.95. The number of carbonyl (C=O) groups is 1. The molecule has 1 aliphatic heterocycles. The molecule has 1 saturated carbocycles. The summed E-state index contributed by atoms with van der Waals surface area (Å²) in [6, 6.07) is 12.9. The van der Waals surface area contributed by atoms with E-state index in [0.29, 0.717) is 18.9 Å². The Labute approximate surface area is 170 Å². The lowest BCUT2D eigenvalue weighted by atomic mass is 9.52. The van der Waals surface area contributed by atoms with E-state index < -0.39 is 5.82 Å². The summed E-state index contributed by atoms with van der Waals surface area (Å²) in [5, 5.41) is 10.0. The van der Waals surface area contributed by atoms with Crippen LogP contribution in [0.5, 0.6) is 5.75 Å². The van der Waals surface area contributed by atoms with Gasteiger partial charge in [0.1, 0.15) is 6.61 Å². The van der Waals surface area contributed by atoms with Crippen LogP contribution in [0.4, 0.5) is 9.18 Å². The van der Waals surface area contributed by atoms with E-state index in [9.17, 15) is 14.3 Å². The van der Waals surface area contributed by atoms with Crippen molar-refractivity contribution in [3.63, 3.8) is 0 Å². The van der Waals surface area contributed by atoms with Gasteiger partial charge in [-0.15, -0.1) is 0 Å². The van der Waals surface area contributed by atoms with Gasteiger partial charge in [-0.05, 0) is 60.4 Å². The second-order valence-electron chi connectivity index (χ2n) is 8.72. The fourth-order valence-electron chi connectivity index (χ4n) is 6.05. The van der Waals surface area contributed by atoms with Crippen molar-refractivity contribution in [3.05, 3.63) is 65.0 Å². The Bertz CT molecular complexity index is 931. The van der Waals surface area contributed by atoms with Gasteiger partial charge in [-0.25, -0.2) is 9.18 Å². The number of amides is 1. The third kappa shape index (κ3) is 2.98. The number of likely N-dealkylation sites (tertiary alicyclic amines) is 1. The van der Waals surface area contributed by atoms with Crippen LogP contribution in [-0.4, -0.2) is 28.7 Å². The largest absolute Gasteiger partial charge is 0.505 e. The zero-order chi connectivity index (χ0) is 20.0. The lowest BCUT2D eigenvalue weighted by Gasteiger charge is -2.58. The summed E-state index contributed by atoms with van der Waals surface area (Å²) >= 11 is 0. The number of piperidine rings is 1. The van der Waals surface area contributed by atoms with Crippen molar-refractivity contribution in [2.75, 3.05) is 6.54 Å². The van der Waals surface area contributed by atoms with Gasteiger partial charge in [0.05, 0.1) is 0 Å². The van der Waals surface area contributed by atoms with Crippen molar-refractivity contribution in [1.82, 2.24) is 4.90 Å². The summed E-state index contributed by atoms with van der Waals surface area (Å²) in [7, 11) is 0. The van der Waals surface area contributed by atoms with Crippen molar-refractivity contribution >= 4 is 6.09 Å². The topological polar surface area (TPSA) is 49.8 Å². The molecule has 1 N–H and O–H groups in total. The summed E-state index contributed by atoms with van der Waals surface area (Å²) in [6.45, 7) is 0.907. The third-order valence-electron chi connectivity index (χ3n) is 7.34. The van der Waals surface area contributed by atoms with Crippen LogP contribution in [0.3, 0.4) is 0 Å². The van der Waals surface area contributed by atoms with Crippen molar-refractivity contribution < 1.29 is 19.0 Å². The molecule has 1 amide bonds. The summed E-state index contributed by atoms with van der Waals surface area (Å²) in [4.78, 5) is 14.8. The fourth-order valence-corrected chi connectivity index (χ4v) is 6.05. The summed E-state index contributed by atoms with van der Waals surface area (Å²) < 4.78 is 19.8. The molecule has 2 bridgehead atoms. The van der Waals surface area contributed by atoms with Crippen LogP contribution in [0.2, 0.25) is 0 Å². The van der Waals surface area contributed by atoms with Crippen LogP contribution in [0.25, 0.3) is 0 Å². The number of aromatic hydroxyl groups is 1. The van der Waals surface area contributed by atoms with Gasteiger partial charge in [0.2, 0.25) is 0 Å². The summed E-state index contributed by atoms with van der Waals surface area (Å²) in [6.07, 6.45) is 5.58. The minimum Gasteiger partial charge on any atom is -0.505 e. The van der Waals surface area contributed by atoms with Gasteiger partial charge in [-0.3, -0.25) is 0 Å². The van der Waals surface area contributed by atoms with Gasteiger partial charge in [-0.2, -0.15) is 0 Å². The van der Waals surface area contributed by atoms with Crippen LogP contribution < -0.4 is 0 Å². The lowest BCUT2D eigenvalue weighted by molar-refractivity contribution is -0.0138. The Morgan fingerprint density at radius 2 is 2.03 bits per heavy atom. The Balaban J connectivity index is 1.44. The SMILES string of the molecule is O=C(OCc1ccccc1)N1CC[C@]23CCCC[C@H]2[C@H]1Cc1cc(F)c(O)cc13. The molecular formula is C24H26FNO3. The zero-order valence-electron chi connectivity index (χ0n) is 16.4. The monoisotopic (exact) mass is 395 g/mol. The molecule has 0 spiro atoms. The van der Waals surface area contributed by atoms with Gasteiger partial charge in [0, 0.05) is 18.0 Å². The van der Waals surface area contributed by atoms with Crippen molar-refractivity contribution in [1.29, 1.82) is 0 Å². The predicted octanol–water partition coefficient (Wildman–Crippen LogP) is 4.93. The van der Waals surface area contributed by atoms with Crippen molar-refractivity contribution in [2.24, 2.45) is 5.92 Å². The van der Waals surface area contributed by atoms with Gasteiger partial charge < -0.3 is 14.7 Å². The molecule has 3 aliphatic rings. The second-order valence-corrected chi connectivity index (χ2v) is 8.72. The quantitative estimate of drug-likeness (QED) is 0.785. The molecule has 152 valence electrons. The molecule has 1 heterocycles. The molecule has 0 aromatic heterocycles. The molecule has 3 atom stereocenters. The second kappa shape index (κ2) is 7.05. The minimum absolute atomic E-state index is 0.0313. The minimum atomic E-state index is -0.578. The van der Waals surface area contributed by atoms with Crippen LogP contribution in [0, 0.1) is 11.7 Å². The normalized spacial score (nSPS) is 27.7. The number of phenols is 1. The zero-order valence-corrected chi connectivity index (χ0v) is 16.4. The number of rotatable bonds is 2. The average molecular weight is 395 g/mol. The first-order valence-electron chi connectivity index (χ1n) is 10.6. The highest BCUT2D eigenvalue weighted by atomic mass is 19.1. The van der Waals surface area contributed by atoms with Crippen LogP contribution in [-0.2, 0) is 23.2 Å². The maximum Gasteiger partial charge on any atom is 0.410 e. The highest BCUT2D eigenvalue weighted by molar-refractivity contribution is 5.69. The lowest BCUT2D eigenvalue weighted by Crippen LogP contribution is -2.62. The number of halogens is 1. The number of hydrogen-bond donors (Lipinski definition) is 1. The molecule has 2 aromatic rings. The number of ether oxygens (including phenoxy) is 1. The van der Waals surface area contributed by atoms with E-state index in [2.05, 4.69) is 0 Å². The number of benzene rings is 2. The summed E-state index contributed by atoms with van der Waals surface area (Å²) in [5.74, 6) is -0.497. The Hall–Kier alpha value is -2.56. The van der Waals surface area contributed by atoms with E-state index >= 15 is 0 Å². The van der Waals surface area contributed by atoms with E-state index in [1.807, 2.05) is 35.2 Å². The van der Waals surface area contributed by atoms with Crippen molar-refractivity contribution in [3.8, 4) is 5.75 Å². The maximum atomic E-state index is 14.1. The molecule has 4 nitrogen and oxygen atoms in total. The van der Waals surface area contributed by atoms with E-state index in [1.54, 1.807) is 6.07 Å². The molecule has 2 aromatic carbocycles. The first kappa shape index (κ1) is 18.5. The molecule has 2 fully saturated rings. The van der Waals surface area contributed by atoms with Crippen LogP contribution in [0.1, 0.15) is 48.8 Å². The van der Waals surface area contributed by atoms with E-state index in [0.717, 1.165) is 48.8 Å². The van der Waals surface area contributed by atoms with Gasteiger partial charge >= 0.3 is 6.09 Å². The van der Waals surface area contributed by atoms with Crippen LogP contribution >= 0.6 is 0 Å². The van der Waals surface area contributed by atoms with Crippen molar-refractivity contribution in [2.45, 2.75) is 56.6 Å². The predicted molar refractivity (Wildman–Crippen MR) is 107 cm³/mol. The first-order valence-corrected chi connectivity index (χ1v) is 10.6. The maximum absolute atomic E-state index is 14.1. The van der Waals surface area contributed by atoms with E-state index in [1.165, 1.54) is 6.07 Å². The Kier molecular flexibility index (Phi) is 4.49. The van der Waals surface area contributed by atoms with Crippen LogP contribution in [0.15, 0.2) is 42.5 Å². The van der Waals surface area contributed by atoms with Gasteiger partial charge in [0.25, 0.3) is 0 Å². The average Bonchev–Trinajstić information content (AvgIpc) is 2.74. The highest BCUT2D eigenvalue weighted by Crippen LogP contribution is 2.56. The molecule has 29 heavy (non-hydrogen) atoms. The number of fused-ring (bicyclic) bond motifs is 1.